The minimum Gasteiger partial charge on any atom is -0.341 e. The van der Waals surface area contributed by atoms with E-state index < -0.39 is 5.91 Å². The monoisotopic (exact) mass is 286 g/mol. The van der Waals surface area contributed by atoms with E-state index in [1.54, 1.807) is 24.3 Å². The lowest BCUT2D eigenvalue weighted by Gasteiger charge is -2.07. The number of hydrogen-bond acceptors (Lipinski definition) is 3. The number of urea groups is 1. The SMILES string of the molecule is CNC(=O)Nc1ccc(NC(=O)c2cccc(=O)[nH]2)cc1. The summed E-state index contributed by atoms with van der Waals surface area (Å²) in [6.45, 7) is 0. The maximum absolute atomic E-state index is 11.9. The van der Waals surface area contributed by atoms with Gasteiger partial charge < -0.3 is 20.9 Å². The first-order valence-corrected chi connectivity index (χ1v) is 6.18. The summed E-state index contributed by atoms with van der Waals surface area (Å²) in [6, 6.07) is 10.6. The first-order chi connectivity index (χ1) is 10.1. The lowest BCUT2D eigenvalue weighted by molar-refractivity contribution is 0.102. The number of benzene rings is 1. The Morgan fingerprint density at radius 1 is 0.952 bits per heavy atom. The summed E-state index contributed by atoms with van der Waals surface area (Å²) in [6.07, 6.45) is 0. The fraction of sp³-hybridized carbons (Fsp3) is 0.0714. The van der Waals surface area contributed by atoms with Crippen LogP contribution in [0.15, 0.2) is 47.3 Å². The zero-order valence-electron chi connectivity index (χ0n) is 11.3. The molecule has 0 bridgehead atoms. The molecule has 7 nitrogen and oxygen atoms in total. The molecule has 4 N–H and O–H groups in total. The maximum atomic E-state index is 11.9. The molecule has 2 aromatic rings. The molecule has 1 heterocycles. The van der Waals surface area contributed by atoms with Crippen molar-refractivity contribution in [2.75, 3.05) is 17.7 Å². The molecule has 0 spiro atoms. The van der Waals surface area contributed by atoms with E-state index in [0.717, 1.165) is 0 Å². The molecule has 3 amide bonds. The highest BCUT2D eigenvalue weighted by atomic mass is 16.2. The van der Waals surface area contributed by atoms with Gasteiger partial charge in [-0.25, -0.2) is 4.79 Å². The van der Waals surface area contributed by atoms with Crippen LogP contribution in [0.2, 0.25) is 0 Å². The second kappa shape index (κ2) is 6.38. The van der Waals surface area contributed by atoms with Gasteiger partial charge >= 0.3 is 6.03 Å². The normalized spacial score (nSPS) is 9.76. The van der Waals surface area contributed by atoms with Gasteiger partial charge in [0.15, 0.2) is 0 Å². The summed E-state index contributed by atoms with van der Waals surface area (Å²) in [5.41, 5.74) is 0.982. The standard InChI is InChI=1S/C14H14N4O3/c1-15-14(21)17-10-7-5-9(6-8-10)16-13(20)11-3-2-4-12(19)18-11/h2-8H,1H3,(H,16,20)(H,18,19)(H2,15,17,21). The van der Waals surface area contributed by atoms with Crippen molar-refractivity contribution < 1.29 is 9.59 Å². The van der Waals surface area contributed by atoms with E-state index in [9.17, 15) is 14.4 Å². The van der Waals surface area contributed by atoms with E-state index in [1.807, 2.05) is 0 Å². The van der Waals surface area contributed by atoms with Crippen LogP contribution in [0.25, 0.3) is 0 Å². The smallest absolute Gasteiger partial charge is 0.318 e. The van der Waals surface area contributed by atoms with Gasteiger partial charge in [0.2, 0.25) is 5.56 Å². The molecule has 1 aromatic carbocycles. The third-order valence-corrected chi connectivity index (χ3v) is 2.64. The van der Waals surface area contributed by atoms with Gasteiger partial charge in [0.05, 0.1) is 0 Å². The lowest BCUT2D eigenvalue weighted by Crippen LogP contribution is -2.24. The second-order valence-corrected chi connectivity index (χ2v) is 4.16. The number of amides is 3. The van der Waals surface area contributed by atoms with Gasteiger partial charge in [-0.2, -0.15) is 0 Å². The number of H-pyrrole nitrogens is 1. The van der Waals surface area contributed by atoms with Crippen LogP contribution < -0.4 is 21.5 Å². The highest BCUT2D eigenvalue weighted by Gasteiger charge is 2.06. The minimum atomic E-state index is -0.417. The maximum Gasteiger partial charge on any atom is 0.318 e. The summed E-state index contributed by atoms with van der Waals surface area (Å²) in [5, 5.41) is 7.68. The van der Waals surface area contributed by atoms with Gasteiger partial charge in [-0.15, -0.1) is 0 Å². The molecule has 0 radical (unpaired) electrons. The molecule has 108 valence electrons. The molecule has 0 fully saturated rings. The minimum absolute atomic E-state index is 0.176. The van der Waals surface area contributed by atoms with Crippen LogP contribution in [-0.2, 0) is 0 Å². The van der Waals surface area contributed by atoms with Crippen molar-refractivity contribution in [3.63, 3.8) is 0 Å². The van der Waals surface area contributed by atoms with Crippen LogP contribution in [0.4, 0.5) is 16.2 Å². The number of carbonyl (C=O) groups is 2. The first kappa shape index (κ1) is 14.3. The van der Waals surface area contributed by atoms with Gasteiger partial charge in [-0.05, 0) is 30.3 Å². The van der Waals surface area contributed by atoms with Crippen molar-refractivity contribution >= 4 is 23.3 Å². The van der Waals surface area contributed by atoms with Gasteiger partial charge in [-0.1, -0.05) is 6.07 Å². The number of aromatic nitrogens is 1. The fourth-order valence-electron chi connectivity index (χ4n) is 1.61. The summed E-state index contributed by atoms with van der Waals surface area (Å²) < 4.78 is 0. The number of aromatic amines is 1. The molecule has 1 aromatic heterocycles. The van der Waals surface area contributed by atoms with E-state index in [1.165, 1.54) is 25.2 Å². The Balaban J connectivity index is 2.05. The van der Waals surface area contributed by atoms with Crippen LogP contribution in [0.1, 0.15) is 10.5 Å². The number of carbonyl (C=O) groups excluding carboxylic acids is 2. The third-order valence-electron chi connectivity index (χ3n) is 2.64. The van der Waals surface area contributed by atoms with E-state index >= 15 is 0 Å². The van der Waals surface area contributed by atoms with E-state index in [4.69, 9.17) is 0 Å². The largest absolute Gasteiger partial charge is 0.341 e. The van der Waals surface area contributed by atoms with Crippen LogP contribution in [0.5, 0.6) is 0 Å². The Labute approximate surface area is 120 Å². The zero-order chi connectivity index (χ0) is 15.2. The third kappa shape index (κ3) is 3.93. The van der Waals surface area contributed by atoms with Gasteiger partial charge in [-0.3, -0.25) is 9.59 Å². The number of rotatable bonds is 3. The Morgan fingerprint density at radius 2 is 1.57 bits per heavy atom. The van der Waals surface area contributed by atoms with Crippen molar-refractivity contribution in [2.24, 2.45) is 0 Å². The van der Waals surface area contributed by atoms with Crippen LogP contribution in [-0.4, -0.2) is 24.0 Å². The Kier molecular flexibility index (Phi) is 4.35. The Morgan fingerprint density at radius 3 is 2.14 bits per heavy atom. The molecule has 0 atom stereocenters. The molecule has 0 saturated heterocycles. The fourth-order valence-corrected chi connectivity index (χ4v) is 1.61. The molecule has 0 saturated carbocycles. The number of pyridine rings is 1. The van der Waals surface area contributed by atoms with E-state index in [-0.39, 0.29) is 17.3 Å². The average Bonchev–Trinajstić information content (AvgIpc) is 2.49. The topological polar surface area (TPSA) is 103 Å². The molecule has 7 heteroatoms. The summed E-state index contributed by atoms with van der Waals surface area (Å²) in [5.74, 6) is -0.417. The zero-order valence-corrected chi connectivity index (χ0v) is 11.3. The number of anilines is 2. The van der Waals surface area contributed by atoms with Crippen molar-refractivity contribution in [1.29, 1.82) is 0 Å². The average molecular weight is 286 g/mol. The number of nitrogens with one attached hydrogen (secondary N) is 4. The van der Waals surface area contributed by atoms with Gasteiger partial charge in [0.25, 0.3) is 5.91 Å². The molecule has 2 rings (SSSR count). The lowest BCUT2D eigenvalue weighted by atomic mass is 10.2. The molecule has 0 aliphatic carbocycles. The molecule has 0 aliphatic heterocycles. The summed E-state index contributed by atoms with van der Waals surface area (Å²) >= 11 is 0. The first-order valence-electron chi connectivity index (χ1n) is 6.18. The predicted octanol–water partition coefficient (Wildman–Crippen LogP) is 1.38. The van der Waals surface area contributed by atoms with Gasteiger partial charge in [0.1, 0.15) is 5.69 Å². The summed E-state index contributed by atoms with van der Waals surface area (Å²) in [7, 11) is 1.52. The molecule has 21 heavy (non-hydrogen) atoms. The Hall–Kier alpha value is -3.09. The second-order valence-electron chi connectivity index (χ2n) is 4.16. The molecular weight excluding hydrogens is 272 g/mol. The summed E-state index contributed by atoms with van der Waals surface area (Å²) in [4.78, 5) is 36.6. The van der Waals surface area contributed by atoms with Crippen molar-refractivity contribution in [3.05, 3.63) is 58.5 Å². The van der Waals surface area contributed by atoms with Crippen molar-refractivity contribution in [2.45, 2.75) is 0 Å². The van der Waals surface area contributed by atoms with E-state index in [2.05, 4.69) is 20.9 Å². The Bertz CT molecular complexity index is 707. The van der Waals surface area contributed by atoms with Crippen LogP contribution in [0, 0.1) is 0 Å². The van der Waals surface area contributed by atoms with E-state index in [0.29, 0.717) is 11.4 Å². The molecular formula is C14H14N4O3. The number of hydrogen-bond donors (Lipinski definition) is 4. The van der Waals surface area contributed by atoms with Crippen LogP contribution >= 0.6 is 0 Å². The highest BCUT2D eigenvalue weighted by molar-refractivity contribution is 6.03. The quantitative estimate of drug-likeness (QED) is 0.685. The highest BCUT2D eigenvalue weighted by Crippen LogP contribution is 2.14. The van der Waals surface area contributed by atoms with Crippen molar-refractivity contribution in [1.82, 2.24) is 10.3 Å². The van der Waals surface area contributed by atoms with Crippen molar-refractivity contribution in [3.8, 4) is 0 Å². The van der Waals surface area contributed by atoms with Crippen LogP contribution in [0.3, 0.4) is 0 Å². The van der Waals surface area contributed by atoms with Gasteiger partial charge in [0, 0.05) is 24.5 Å². The molecule has 0 unspecified atom stereocenters. The molecule has 0 aliphatic rings. The predicted molar refractivity (Wildman–Crippen MR) is 79.5 cm³/mol.